The van der Waals surface area contributed by atoms with Gasteiger partial charge in [0, 0.05) is 49.1 Å². The first kappa shape index (κ1) is 12.4. The molecule has 0 spiro atoms. The van der Waals surface area contributed by atoms with E-state index in [1.54, 1.807) is 11.3 Å². The molecular weight excluding hydrogens is 286 g/mol. The molecule has 90 valence electrons. The molecule has 1 fully saturated rings. The second kappa shape index (κ2) is 5.49. The van der Waals surface area contributed by atoms with Crippen molar-refractivity contribution in [3.05, 3.63) is 15.9 Å². The Hall–Kier alpha value is -0.100. The van der Waals surface area contributed by atoms with Crippen LogP contribution in [0.25, 0.3) is 0 Å². The fourth-order valence-electron chi connectivity index (χ4n) is 1.98. The highest BCUT2D eigenvalue weighted by atomic mass is 79.9. The lowest BCUT2D eigenvalue weighted by Gasteiger charge is -2.35. The van der Waals surface area contributed by atoms with Crippen LogP contribution in [0.3, 0.4) is 0 Å². The molecule has 2 rings (SSSR count). The highest BCUT2D eigenvalue weighted by Crippen LogP contribution is 2.27. The molecule has 1 N–H and O–H groups in total. The van der Waals surface area contributed by atoms with Crippen molar-refractivity contribution < 1.29 is 0 Å². The van der Waals surface area contributed by atoms with Crippen LogP contribution in [0.1, 0.15) is 0 Å². The average molecular weight is 304 g/mol. The van der Waals surface area contributed by atoms with Crippen molar-refractivity contribution in [1.29, 1.82) is 0 Å². The normalized spacial score (nSPS) is 22.3. The van der Waals surface area contributed by atoms with Gasteiger partial charge in [0.15, 0.2) is 0 Å². The van der Waals surface area contributed by atoms with Crippen molar-refractivity contribution in [2.45, 2.75) is 6.04 Å². The second-order valence-corrected chi connectivity index (χ2v) is 6.13. The number of nitrogens with one attached hydrogen (secondary N) is 1. The lowest BCUT2D eigenvalue weighted by atomic mass is 10.2. The van der Waals surface area contributed by atoms with Gasteiger partial charge in [0.1, 0.15) is 0 Å². The molecule has 3 nitrogen and oxygen atoms in total. The first-order valence-electron chi connectivity index (χ1n) is 5.53. The van der Waals surface area contributed by atoms with Gasteiger partial charge in [-0.25, -0.2) is 0 Å². The maximum Gasteiger partial charge on any atom is 0.0918 e. The monoisotopic (exact) mass is 303 g/mol. The van der Waals surface area contributed by atoms with Crippen LogP contribution in [0.4, 0.5) is 5.00 Å². The molecule has 0 bridgehead atoms. The van der Waals surface area contributed by atoms with E-state index in [-0.39, 0.29) is 0 Å². The van der Waals surface area contributed by atoms with Gasteiger partial charge in [0.2, 0.25) is 0 Å². The molecule has 0 aromatic carbocycles. The predicted molar refractivity (Wildman–Crippen MR) is 74.6 cm³/mol. The van der Waals surface area contributed by atoms with Crippen LogP contribution >= 0.6 is 27.3 Å². The van der Waals surface area contributed by atoms with Crippen molar-refractivity contribution in [3.63, 3.8) is 0 Å². The second-order valence-electron chi connectivity index (χ2n) is 4.32. The summed E-state index contributed by atoms with van der Waals surface area (Å²) >= 11 is 5.29. The van der Waals surface area contributed by atoms with Crippen molar-refractivity contribution in [2.75, 3.05) is 45.2 Å². The first-order valence-corrected chi connectivity index (χ1v) is 7.20. The van der Waals surface area contributed by atoms with Gasteiger partial charge in [-0.15, -0.1) is 11.3 Å². The van der Waals surface area contributed by atoms with Gasteiger partial charge in [-0.05, 0) is 29.0 Å². The number of anilines is 1. The van der Waals surface area contributed by atoms with Gasteiger partial charge < -0.3 is 10.2 Å². The Morgan fingerprint density at radius 1 is 1.69 bits per heavy atom. The van der Waals surface area contributed by atoms with Crippen LogP contribution in [0.2, 0.25) is 0 Å². The summed E-state index contributed by atoms with van der Waals surface area (Å²) in [5.41, 5.74) is 0. The van der Waals surface area contributed by atoms with E-state index in [1.165, 1.54) is 9.47 Å². The number of hydrogen-bond acceptors (Lipinski definition) is 4. The third kappa shape index (κ3) is 2.97. The summed E-state index contributed by atoms with van der Waals surface area (Å²) in [6, 6.07) is 2.79. The summed E-state index contributed by atoms with van der Waals surface area (Å²) in [7, 11) is 4.38. The summed E-state index contributed by atoms with van der Waals surface area (Å²) in [5.74, 6) is 0. The molecule has 16 heavy (non-hydrogen) atoms. The number of hydrogen-bond donors (Lipinski definition) is 1. The SMILES string of the molecule is CN(CC1CNCCN1C)c1cc(Br)cs1. The van der Waals surface area contributed by atoms with E-state index in [4.69, 9.17) is 0 Å². The van der Waals surface area contributed by atoms with Crippen molar-refractivity contribution in [2.24, 2.45) is 0 Å². The predicted octanol–water partition coefficient (Wildman–Crippen LogP) is 1.85. The Kier molecular flexibility index (Phi) is 4.24. The fourth-order valence-corrected chi connectivity index (χ4v) is 3.37. The maximum absolute atomic E-state index is 3.50. The van der Waals surface area contributed by atoms with Gasteiger partial charge in [0.25, 0.3) is 0 Å². The lowest BCUT2D eigenvalue weighted by molar-refractivity contribution is 0.204. The number of thiophene rings is 1. The van der Waals surface area contributed by atoms with E-state index in [2.05, 4.69) is 56.6 Å². The largest absolute Gasteiger partial charge is 0.365 e. The molecule has 0 aliphatic carbocycles. The van der Waals surface area contributed by atoms with Crippen molar-refractivity contribution >= 4 is 32.3 Å². The number of piperazine rings is 1. The highest BCUT2D eigenvalue weighted by molar-refractivity contribution is 9.10. The van der Waals surface area contributed by atoms with Crippen LogP contribution < -0.4 is 10.2 Å². The van der Waals surface area contributed by atoms with E-state index >= 15 is 0 Å². The molecule has 0 amide bonds. The summed E-state index contributed by atoms with van der Waals surface area (Å²) in [6.07, 6.45) is 0. The highest BCUT2D eigenvalue weighted by Gasteiger charge is 2.20. The number of nitrogens with zero attached hydrogens (tertiary/aromatic N) is 2. The van der Waals surface area contributed by atoms with Gasteiger partial charge >= 0.3 is 0 Å². The van der Waals surface area contributed by atoms with Crippen LogP contribution in [-0.2, 0) is 0 Å². The van der Waals surface area contributed by atoms with Gasteiger partial charge in [-0.1, -0.05) is 0 Å². The van der Waals surface area contributed by atoms with Crippen LogP contribution in [-0.4, -0.2) is 51.2 Å². The summed E-state index contributed by atoms with van der Waals surface area (Å²) in [5, 5.41) is 6.91. The zero-order valence-electron chi connectivity index (χ0n) is 9.74. The average Bonchev–Trinajstić information content (AvgIpc) is 2.68. The standard InChI is InChI=1S/C11H18BrN3S/c1-14-4-3-13-6-10(14)7-15(2)11-5-9(12)8-16-11/h5,8,10,13H,3-4,6-7H2,1-2H3. The number of likely N-dealkylation sites (N-methyl/N-ethyl adjacent to an activating group) is 2. The zero-order chi connectivity index (χ0) is 11.5. The van der Waals surface area contributed by atoms with Crippen LogP contribution in [0, 0.1) is 0 Å². The molecule has 1 aliphatic heterocycles. The Labute approximate surface area is 110 Å². The van der Waals surface area contributed by atoms with E-state index in [0.717, 1.165) is 26.2 Å². The molecule has 0 saturated carbocycles. The lowest BCUT2D eigenvalue weighted by Crippen LogP contribution is -2.53. The van der Waals surface area contributed by atoms with Crippen molar-refractivity contribution in [1.82, 2.24) is 10.2 Å². The summed E-state index contributed by atoms with van der Waals surface area (Å²) in [6.45, 7) is 4.43. The molecule has 1 aromatic rings. The van der Waals surface area contributed by atoms with E-state index in [9.17, 15) is 0 Å². The first-order chi connectivity index (χ1) is 7.66. The molecule has 1 saturated heterocycles. The molecule has 5 heteroatoms. The minimum Gasteiger partial charge on any atom is -0.365 e. The molecule has 1 unspecified atom stereocenters. The molecular formula is C11H18BrN3S. The molecule has 1 aliphatic rings. The van der Waals surface area contributed by atoms with E-state index in [0.29, 0.717) is 6.04 Å². The summed E-state index contributed by atoms with van der Waals surface area (Å²) in [4.78, 5) is 4.78. The zero-order valence-corrected chi connectivity index (χ0v) is 12.1. The third-order valence-electron chi connectivity index (χ3n) is 3.06. The minimum absolute atomic E-state index is 0.611. The molecule has 1 aromatic heterocycles. The molecule has 0 radical (unpaired) electrons. The third-order valence-corrected chi connectivity index (χ3v) is 4.86. The Morgan fingerprint density at radius 2 is 2.50 bits per heavy atom. The Balaban J connectivity index is 1.93. The topological polar surface area (TPSA) is 18.5 Å². The minimum atomic E-state index is 0.611. The van der Waals surface area contributed by atoms with Crippen LogP contribution in [0.15, 0.2) is 15.9 Å². The van der Waals surface area contributed by atoms with Crippen LogP contribution in [0.5, 0.6) is 0 Å². The summed E-state index contributed by atoms with van der Waals surface area (Å²) < 4.78 is 1.18. The quantitative estimate of drug-likeness (QED) is 0.919. The Morgan fingerprint density at radius 3 is 3.12 bits per heavy atom. The smallest absolute Gasteiger partial charge is 0.0918 e. The molecule has 1 atom stereocenters. The maximum atomic E-state index is 3.50. The number of rotatable bonds is 3. The van der Waals surface area contributed by atoms with E-state index in [1.807, 2.05) is 0 Å². The number of halogens is 1. The van der Waals surface area contributed by atoms with Gasteiger partial charge in [-0.2, -0.15) is 0 Å². The van der Waals surface area contributed by atoms with Gasteiger partial charge in [-0.3, -0.25) is 4.90 Å². The fraction of sp³-hybridized carbons (Fsp3) is 0.636. The van der Waals surface area contributed by atoms with E-state index < -0.39 is 0 Å². The molecule has 2 heterocycles. The van der Waals surface area contributed by atoms with Gasteiger partial charge in [0.05, 0.1) is 5.00 Å². The van der Waals surface area contributed by atoms with Crippen molar-refractivity contribution in [3.8, 4) is 0 Å². The Bertz CT molecular complexity index is 342.